The van der Waals surface area contributed by atoms with E-state index in [0.717, 1.165) is 5.69 Å². The predicted molar refractivity (Wildman–Crippen MR) is 55.4 cm³/mol. The number of hydrogen-bond donors (Lipinski definition) is 1. The molecule has 0 atom stereocenters. The number of thioether (sulfide) groups is 1. The van der Waals surface area contributed by atoms with Crippen LogP contribution in [0.4, 0.5) is 5.69 Å². The van der Waals surface area contributed by atoms with E-state index in [0.29, 0.717) is 5.17 Å². The van der Waals surface area contributed by atoms with Crippen molar-refractivity contribution in [1.29, 1.82) is 0 Å². The van der Waals surface area contributed by atoms with Crippen LogP contribution in [-0.2, 0) is 0 Å². The number of hydrogen-bond acceptors (Lipinski definition) is 3. The van der Waals surface area contributed by atoms with E-state index in [1.165, 1.54) is 11.8 Å². The van der Waals surface area contributed by atoms with Crippen LogP contribution in [0, 0.1) is 6.57 Å². The first-order valence-electron chi connectivity index (χ1n) is 3.52. The predicted octanol–water partition coefficient (Wildman–Crippen LogP) is 2.05. The molecular weight excluding hydrogens is 184 g/mol. The van der Waals surface area contributed by atoms with Crippen LogP contribution in [0.25, 0.3) is 4.95 Å². The normalized spacial score (nSPS) is 10.6. The summed E-state index contributed by atoms with van der Waals surface area (Å²) in [6.07, 6.45) is 5.22. The van der Waals surface area contributed by atoms with Gasteiger partial charge in [-0.15, -0.1) is 4.95 Å². The van der Waals surface area contributed by atoms with Gasteiger partial charge in [0.15, 0.2) is 0 Å². The highest BCUT2D eigenvalue weighted by atomic mass is 32.2. The maximum absolute atomic E-state index is 6.57. The van der Waals surface area contributed by atoms with Crippen molar-refractivity contribution in [2.24, 2.45) is 5.10 Å². The molecule has 0 aliphatic rings. The fourth-order valence-corrected chi connectivity index (χ4v) is 1.06. The smallest absolute Gasteiger partial charge is 0.248 e. The zero-order chi connectivity index (χ0) is 9.52. The third kappa shape index (κ3) is 3.13. The Balaban J connectivity index is 2.69. The lowest BCUT2D eigenvalue weighted by Gasteiger charge is -2.01. The third-order valence-electron chi connectivity index (χ3n) is 1.27. The lowest BCUT2D eigenvalue weighted by Crippen LogP contribution is -2.05. The monoisotopic (exact) mass is 192 g/mol. The molecule has 0 radical (unpaired) electrons. The van der Waals surface area contributed by atoms with Crippen LogP contribution in [0.15, 0.2) is 29.6 Å². The van der Waals surface area contributed by atoms with Crippen molar-refractivity contribution < 1.29 is 0 Å². The number of anilines is 1. The van der Waals surface area contributed by atoms with Crippen molar-refractivity contribution in [2.75, 3.05) is 11.6 Å². The van der Waals surface area contributed by atoms with E-state index >= 15 is 0 Å². The molecule has 0 spiro atoms. The minimum atomic E-state index is 0.584. The van der Waals surface area contributed by atoms with E-state index in [4.69, 9.17) is 6.57 Å². The fraction of sp³-hybridized carbons (Fsp3) is 0.125. The Morgan fingerprint density at radius 2 is 2.31 bits per heavy atom. The SMILES string of the molecule is [C-]#[N+]/N=C(/Nc1ccncc1)SC. The number of aromatic nitrogens is 1. The quantitative estimate of drug-likeness (QED) is 0.320. The summed E-state index contributed by atoms with van der Waals surface area (Å²) in [5.41, 5.74) is 0.881. The van der Waals surface area contributed by atoms with Crippen molar-refractivity contribution in [2.45, 2.75) is 0 Å². The number of nitrogens with one attached hydrogen (secondary N) is 1. The number of rotatable bonds is 1. The average molecular weight is 192 g/mol. The van der Waals surface area contributed by atoms with E-state index < -0.39 is 0 Å². The van der Waals surface area contributed by atoms with Crippen molar-refractivity contribution in [3.63, 3.8) is 0 Å². The number of nitrogens with zero attached hydrogens (tertiary/aromatic N) is 3. The topological polar surface area (TPSA) is 41.6 Å². The van der Waals surface area contributed by atoms with Crippen LogP contribution in [0.5, 0.6) is 0 Å². The molecule has 1 N–H and O–H groups in total. The minimum absolute atomic E-state index is 0.584. The molecule has 1 rings (SSSR count). The molecule has 1 heterocycles. The van der Waals surface area contributed by atoms with E-state index in [-0.39, 0.29) is 0 Å². The second-order valence-corrected chi connectivity index (χ2v) is 2.87. The van der Waals surface area contributed by atoms with Gasteiger partial charge in [-0.1, -0.05) is 11.8 Å². The van der Waals surface area contributed by atoms with Crippen molar-refractivity contribution in [3.8, 4) is 0 Å². The van der Waals surface area contributed by atoms with E-state index in [9.17, 15) is 0 Å². The third-order valence-corrected chi connectivity index (χ3v) is 1.84. The molecule has 13 heavy (non-hydrogen) atoms. The first-order chi connectivity index (χ1) is 6.36. The van der Waals surface area contributed by atoms with Crippen LogP contribution < -0.4 is 5.32 Å². The van der Waals surface area contributed by atoms with Gasteiger partial charge in [0.2, 0.25) is 5.17 Å². The van der Waals surface area contributed by atoms with Gasteiger partial charge >= 0.3 is 0 Å². The van der Waals surface area contributed by atoms with E-state index in [2.05, 4.69) is 20.4 Å². The van der Waals surface area contributed by atoms with Gasteiger partial charge in [-0.25, -0.2) is 0 Å². The Bertz CT molecular complexity index is 328. The second-order valence-electron chi connectivity index (χ2n) is 2.07. The average Bonchev–Trinajstić information content (AvgIpc) is 2.19. The van der Waals surface area contributed by atoms with Gasteiger partial charge in [0, 0.05) is 18.1 Å². The zero-order valence-electron chi connectivity index (χ0n) is 7.06. The summed E-state index contributed by atoms with van der Waals surface area (Å²) < 4.78 is 0. The minimum Gasteiger partial charge on any atom is -0.329 e. The van der Waals surface area contributed by atoms with Crippen LogP contribution in [0.1, 0.15) is 0 Å². The molecule has 0 bridgehead atoms. The highest BCUT2D eigenvalue weighted by Crippen LogP contribution is 2.07. The summed E-state index contributed by atoms with van der Waals surface area (Å²) in [7, 11) is 0. The van der Waals surface area contributed by atoms with Crippen LogP contribution in [0.3, 0.4) is 0 Å². The molecule has 0 fully saturated rings. The highest BCUT2D eigenvalue weighted by Gasteiger charge is 1.99. The first kappa shape index (κ1) is 9.55. The Morgan fingerprint density at radius 1 is 1.62 bits per heavy atom. The van der Waals surface area contributed by atoms with Crippen LogP contribution in [-0.4, -0.2) is 16.4 Å². The Kier molecular flexibility index (Phi) is 3.79. The Morgan fingerprint density at radius 3 is 2.85 bits per heavy atom. The van der Waals surface area contributed by atoms with Crippen LogP contribution in [0.2, 0.25) is 0 Å². The molecule has 0 aromatic carbocycles. The van der Waals surface area contributed by atoms with Gasteiger partial charge in [-0.2, -0.15) is 6.57 Å². The lowest BCUT2D eigenvalue weighted by atomic mass is 10.4. The van der Waals surface area contributed by atoms with Crippen molar-refractivity contribution in [3.05, 3.63) is 36.1 Å². The molecule has 5 heteroatoms. The number of amidine groups is 1. The molecule has 1 aromatic heterocycles. The molecule has 0 aliphatic heterocycles. The molecule has 0 unspecified atom stereocenters. The second kappa shape index (κ2) is 5.17. The Labute approximate surface area is 80.9 Å². The van der Waals surface area contributed by atoms with E-state index in [1.807, 2.05) is 18.4 Å². The Hall–Kier alpha value is -1.54. The first-order valence-corrected chi connectivity index (χ1v) is 4.74. The molecule has 1 aromatic rings. The number of pyridine rings is 1. The summed E-state index contributed by atoms with van der Waals surface area (Å²) >= 11 is 1.39. The van der Waals surface area contributed by atoms with Gasteiger partial charge in [0.25, 0.3) is 0 Å². The van der Waals surface area contributed by atoms with Gasteiger partial charge in [0.1, 0.15) is 5.10 Å². The summed E-state index contributed by atoms with van der Waals surface area (Å²) in [5, 5.41) is 7.15. The van der Waals surface area contributed by atoms with Gasteiger partial charge < -0.3 is 5.32 Å². The fourth-order valence-electron chi connectivity index (χ4n) is 0.721. The maximum atomic E-state index is 6.57. The van der Waals surface area contributed by atoms with E-state index in [1.54, 1.807) is 12.4 Å². The maximum Gasteiger partial charge on any atom is 0.248 e. The molecule has 0 saturated heterocycles. The van der Waals surface area contributed by atoms with Crippen molar-refractivity contribution in [1.82, 2.24) is 4.98 Å². The van der Waals surface area contributed by atoms with Crippen molar-refractivity contribution >= 4 is 22.6 Å². The highest BCUT2D eigenvalue weighted by molar-refractivity contribution is 8.13. The molecule has 0 saturated carbocycles. The zero-order valence-corrected chi connectivity index (χ0v) is 7.88. The van der Waals surface area contributed by atoms with Crippen LogP contribution >= 0.6 is 11.8 Å². The van der Waals surface area contributed by atoms with Gasteiger partial charge in [-0.05, 0) is 18.4 Å². The summed E-state index contributed by atoms with van der Waals surface area (Å²) in [6.45, 7) is 6.57. The summed E-state index contributed by atoms with van der Waals surface area (Å²) in [5.74, 6) is 0. The molecule has 0 aliphatic carbocycles. The lowest BCUT2D eigenvalue weighted by molar-refractivity contribution is 1.33. The standard InChI is InChI=1S/C8H8N4S/c1-9-12-8(13-2)11-7-3-5-10-6-4-7/h3-6H,2H3,(H,10,11,12). The van der Waals surface area contributed by atoms with Gasteiger partial charge in [-0.3, -0.25) is 4.98 Å². The molecular formula is C8H8N4S. The summed E-state index contributed by atoms with van der Waals surface area (Å²) in [6, 6.07) is 3.63. The van der Waals surface area contributed by atoms with Gasteiger partial charge in [0.05, 0.1) is 0 Å². The molecule has 0 amide bonds. The molecule has 4 nitrogen and oxygen atoms in total. The summed E-state index contributed by atoms with van der Waals surface area (Å²) in [4.78, 5) is 6.82. The molecule has 66 valence electrons. The largest absolute Gasteiger partial charge is 0.329 e.